The zero-order chi connectivity index (χ0) is 13.2. The molecule has 0 aromatic heterocycles. The molecule has 0 saturated heterocycles. The van der Waals surface area contributed by atoms with Crippen LogP contribution in [0.5, 0.6) is 0 Å². The van der Waals surface area contributed by atoms with Crippen molar-refractivity contribution < 1.29 is 9.47 Å². The molecule has 18 heavy (non-hydrogen) atoms. The zero-order valence-electron chi connectivity index (χ0n) is 12.4. The molecule has 2 rings (SSSR count). The van der Waals surface area contributed by atoms with Crippen molar-refractivity contribution >= 4 is 0 Å². The molecule has 1 N–H and O–H groups in total. The van der Waals surface area contributed by atoms with E-state index in [9.17, 15) is 0 Å². The SMILES string of the molecule is CCC1(C)C(NC)CC1OC1CCCC(OC)C1. The molecule has 3 nitrogen and oxygen atoms in total. The van der Waals surface area contributed by atoms with Gasteiger partial charge in [0.2, 0.25) is 0 Å². The molecule has 106 valence electrons. The summed E-state index contributed by atoms with van der Waals surface area (Å²) in [6.45, 7) is 4.64. The summed E-state index contributed by atoms with van der Waals surface area (Å²) < 4.78 is 11.9. The lowest BCUT2D eigenvalue weighted by molar-refractivity contribution is -0.170. The topological polar surface area (TPSA) is 30.5 Å². The van der Waals surface area contributed by atoms with Crippen LogP contribution in [0.3, 0.4) is 0 Å². The van der Waals surface area contributed by atoms with E-state index in [0.717, 1.165) is 12.8 Å². The van der Waals surface area contributed by atoms with E-state index in [4.69, 9.17) is 9.47 Å². The van der Waals surface area contributed by atoms with Gasteiger partial charge in [-0.25, -0.2) is 0 Å². The van der Waals surface area contributed by atoms with Gasteiger partial charge < -0.3 is 14.8 Å². The lowest BCUT2D eigenvalue weighted by Gasteiger charge is -2.54. The molecule has 0 bridgehead atoms. The molecule has 5 unspecified atom stereocenters. The van der Waals surface area contributed by atoms with Crippen molar-refractivity contribution in [2.24, 2.45) is 5.41 Å². The number of nitrogens with one attached hydrogen (secondary N) is 1. The molecular formula is C15H29NO2. The van der Waals surface area contributed by atoms with Crippen LogP contribution < -0.4 is 5.32 Å². The van der Waals surface area contributed by atoms with Crippen LogP contribution in [0.25, 0.3) is 0 Å². The van der Waals surface area contributed by atoms with Gasteiger partial charge in [0.25, 0.3) is 0 Å². The molecule has 2 aliphatic rings. The Bertz CT molecular complexity index is 271. The third kappa shape index (κ3) is 2.59. The van der Waals surface area contributed by atoms with E-state index in [1.165, 1.54) is 25.7 Å². The first-order chi connectivity index (χ1) is 8.63. The maximum absolute atomic E-state index is 6.38. The van der Waals surface area contributed by atoms with Crippen molar-refractivity contribution in [1.82, 2.24) is 5.32 Å². The number of hydrogen-bond donors (Lipinski definition) is 1. The second-order valence-electron chi connectivity index (χ2n) is 6.21. The average molecular weight is 255 g/mol. The summed E-state index contributed by atoms with van der Waals surface area (Å²) in [5.41, 5.74) is 0.314. The van der Waals surface area contributed by atoms with E-state index < -0.39 is 0 Å². The van der Waals surface area contributed by atoms with Crippen LogP contribution in [0, 0.1) is 5.41 Å². The minimum atomic E-state index is 0.314. The van der Waals surface area contributed by atoms with Crippen molar-refractivity contribution in [2.75, 3.05) is 14.2 Å². The molecule has 0 heterocycles. The second kappa shape index (κ2) is 5.89. The largest absolute Gasteiger partial charge is 0.381 e. The maximum Gasteiger partial charge on any atom is 0.0662 e. The molecule has 0 spiro atoms. The minimum absolute atomic E-state index is 0.314. The summed E-state index contributed by atoms with van der Waals surface area (Å²) in [7, 11) is 3.89. The van der Waals surface area contributed by atoms with Crippen molar-refractivity contribution in [3.8, 4) is 0 Å². The van der Waals surface area contributed by atoms with E-state index in [0.29, 0.717) is 29.8 Å². The third-order valence-electron chi connectivity index (χ3n) is 5.36. The lowest BCUT2D eigenvalue weighted by atomic mass is 9.61. The van der Waals surface area contributed by atoms with Crippen LogP contribution in [0.15, 0.2) is 0 Å². The van der Waals surface area contributed by atoms with Crippen LogP contribution in [0.4, 0.5) is 0 Å². The molecule has 0 radical (unpaired) electrons. The maximum atomic E-state index is 6.38. The Morgan fingerprint density at radius 2 is 1.94 bits per heavy atom. The van der Waals surface area contributed by atoms with E-state index in [1.807, 2.05) is 7.11 Å². The van der Waals surface area contributed by atoms with Gasteiger partial charge in [-0.15, -0.1) is 0 Å². The second-order valence-corrected chi connectivity index (χ2v) is 6.21. The lowest BCUT2D eigenvalue weighted by Crippen LogP contribution is -2.62. The molecule has 2 aliphatic carbocycles. The normalized spacial score (nSPS) is 44.7. The molecule has 0 aromatic rings. The van der Waals surface area contributed by atoms with Gasteiger partial charge in [-0.2, -0.15) is 0 Å². The smallest absolute Gasteiger partial charge is 0.0662 e. The highest BCUT2D eigenvalue weighted by Gasteiger charge is 2.51. The average Bonchev–Trinajstić information content (AvgIpc) is 2.42. The first-order valence-corrected chi connectivity index (χ1v) is 7.49. The Morgan fingerprint density at radius 3 is 2.56 bits per heavy atom. The predicted molar refractivity (Wildman–Crippen MR) is 73.8 cm³/mol. The highest BCUT2D eigenvalue weighted by atomic mass is 16.5. The van der Waals surface area contributed by atoms with E-state index in [-0.39, 0.29) is 0 Å². The van der Waals surface area contributed by atoms with Crippen molar-refractivity contribution in [3.63, 3.8) is 0 Å². The number of methoxy groups -OCH3 is 1. The molecule has 2 fully saturated rings. The Hall–Kier alpha value is -0.120. The van der Waals surface area contributed by atoms with Crippen LogP contribution in [0.2, 0.25) is 0 Å². The molecule has 0 aromatic carbocycles. The van der Waals surface area contributed by atoms with Gasteiger partial charge in [-0.3, -0.25) is 0 Å². The summed E-state index contributed by atoms with van der Waals surface area (Å²) in [6, 6.07) is 0.620. The third-order valence-corrected chi connectivity index (χ3v) is 5.36. The summed E-state index contributed by atoms with van der Waals surface area (Å²) in [5, 5.41) is 3.43. The van der Waals surface area contributed by atoms with Crippen molar-refractivity contribution in [2.45, 2.75) is 76.7 Å². The van der Waals surface area contributed by atoms with Crippen molar-refractivity contribution in [1.29, 1.82) is 0 Å². The van der Waals surface area contributed by atoms with Crippen molar-refractivity contribution in [3.05, 3.63) is 0 Å². The van der Waals surface area contributed by atoms with Crippen LogP contribution in [-0.4, -0.2) is 38.5 Å². The molecule has 5 atom stereocenters. The monoisotopic (exact) mass is 255 g/mol. The van der Waals surface area contributed by atoms with Gasteiger partial charge in [-0.1, -0.05) is 13.8 Å². The molecular weight excluding hydrogens is 226 g/mol. The van der Waals surface area contributed by atoms with Gasteiger partial charge >= 0.3 is 0 Å². The number of rotatable bonds is 5. The van der Waals surface area contributed by atoms with E-state index in [2.05, 4.69) is 26.2 Å². The Kier molecular flexibility index (Phi) is 4.68. The van der Waals surface area contributed by atoms with Crippen LogP contribution >= 0.6 is 0 Å². The first-order valence-electron chi connectivity index (χ1n) is 7.49. The fourth-order valence-electron chi connectivity index (χ4n) is 3.62. The summed E-state index contributed by atoms with van der Waals surface area (Å²) >= 11 is 0. The fourth-order valence-corrected chi connectivity index (χ4v) is 3.62. The minimum Gasteiger partial charge on any atom is -0.381 e. The van der Waals surface area contributed by atoms with Gasteiger partial charge in [0.05, 0.1) is 18.3 Å². The Labute approximate surface area is 112 Å². The fraction of sp³-hybridized carbons (Fsp3) is 1.00. The van der Waals surface area contributed by atoms with Gasteiger partial charge in [0.1, 0.15) is 0 Å². The highest BCUT2D eigenvalue weighted by Crippen LogP contribution is 2.47. The molecule has 0 aliphatic heterocycles. The van der Waals surface area contributed by atoms with E-state index in [1.54, 1.807) is 0 Å². The van der Waals surface area contributed by atoms with Gasteiger partial charge in [-0.05, 0) is 45.6 Å². The van der Waals surface area contributed by atoms with Gasteiger partial charge in [0, 0.05) is 18.6 Å². The highest BCUT2D eigenvalue weighted by molar-refractivity contribution is 5.04. The number of ether oxygens (including phenoxy) is 2. The Morgan fingerprint density at radius 1 is 1.22 bits per heavy atom. The predicted octanol–water partition coefficient (Wildman–Crippen LogP) is 2.74. The quantitative estimate of drug-likeness (QED) is 0.819. The molecule has 0 amide bonds. The zero-order valence-corrected chi connectivity index (χ0v) is 12.4. The molecule has 2 saturated carbocycles. The van der Waals surface area contributed by atoms with Gasteiger partial charge in [0.15, 0.2) is 0 Å². The Balaban J connectivity index is 1.86. The molecule has 3 heteroatoms. The summed E-state index contributed by atoms with van der Waals surface area (Å²) in [6.07, 6.45) is 8.34. The summed E-state index contributed by atoms with van der Waals surface area (Å²) in [5.74, 6) is 0. The summed E-state index contributed by atoms with van der Waals surface area (Å²) in [4.78, 5) is 0. The van der Waals surface area contributed by atoms with Crippen LogP contribution in [-0.2, 0) is 9.47 Å². The first kappa shape index (κ1) is 14.3. The van der Waals surface area contributed by atoms with Crippen LogP contribution in [0.1, 0.15) is 52.4 Å². The number of hydrogen-bond acceptors (Lipinski definition) is 3. The standard InChI is InChI=1S/C15H29NO2/c1-5-15(2)13(16-3)10-14(15)18-12-8-6-7-11(9-12)17-4/h11-14,16H,5-10H2,1-4H3. The van der Waals surface area contributed by atoms with E-state index >= 15 is 0 Å².